The summed E-state index contributed by atoms with van der Waals surface area (Å²) in [4.78, 5) is 2.14. The third-order valence-corrected chi connectivity index (χ3v) is 2.69. The van der Waals surface area contributed by atoms with Crippen molar-refractivity contribution in [3.8, 4) is 11.8 Å². The smallest absolute Gasteiger partial charge is 0.123 e. The first kappa shape index (κ1) is 14.5. The van der Waals surface area contributed by atoms with Crippen LogP contribution in [0.1, 0.15) is 18.1 Å². The number of nitrogens with one attached hydrogen (secondary N) is 1. The summed E-state index contributed by atoms with van der Waals surface area (Å²) < 4.78 is 5.30. The van der Waals surface area contributed by atoms with E-state index in [4.69, 9.17) is 10.00 Å². The number of ether oxygens (including phenoxy) is 1. The first-order valence-corrected chi connectivity index (χ1v) is 6.02. The van der Waals surface area contributed by atoms with E-state index in [-0.39, 0.29) is 0 Å². The molecular formula is C14H21N3O. The molecule has 0 aromatic heterocycles. The quantitative estimate of drug-likeness (QED) is 0.829. The van der Waals surface area contributed by atoms with E-state index in [0.717, 1.165) is 17.9 Å². The number of nitrogens with zero attached hydrogens (tertiary/aromatic N) is 2. The van der Waals surface area contributed by atoms with Crippen molar-refractivity contribution in [2.45, 2.75) is 19.5 Å². The van der Waals surface area contributed by atoms with Crippen molar-refractivity contribution in [3.05, 3.63) is 29.3 Å². The Kier molecular flexibility index (Phi) is 5.63. The van der Waals surface area contributed by atoms with E-state index in [1.54, 1.807) is 13.2 Å². The van der Waals surface area contributed by atoms with Crippen molar-refractivity contribution < 1.29 is 4.74 Å². The Morgan fingerprint density at radius 1 is 1.44 bits per heavy atom. The fourth-order valence-corrected chi connectivity index (χ4v) is 1.88. The second-order valence-electron chi connectivity index (χ2n) is 4.68. The number of benzene rings is 1. The lowest BCUT2D eigenvalue weighted by atomic mass is 10.1. The molecule has 1 aromatic carbocycles. The van der Waals surface area contributed by atoms with Gasteiger partial charge in [0.1, 0.15) is 5.75 Å². The maximum absolute atomic E-state index is 8.90. The molecule has 0 radical (unpaired) electrons. The summed E-state index contributed by atoms with van der Waals surface area (Å²) in [6.07, 6.45) is 0. The van der Waals surface area contributed by atoms with Crippen LogP contribution in [0, 0.1) is 11.3 Å². The molecule has 0 bridgehead atoms. The van der Waals surface area contributed by atoms with Crippen molar-refractivity contribution >= 4 is 0 Å². The molecule has 0 amide bonds. The molecule has 0 saturated carbocycles. The molecule has 1 atom stereocenters. The highest BCUT2D eigenvalue weighted by molar-refractivity contribution is 5.41. The minimum absolute atomic E-state index is 0.385. The van der Waals surface area contributed by atoms with Gasteiger partial charge in [0.05, 0.1) is 18.7 Å². The van der Waals surface area contributed by atoms with Gasteiger partial charge >= 0.3 is 0 Å². The van der Waals surface area contributed by atoms with Gasteiger partial charge in [0.15, 0.2) is 0 Å². The van der Waals surface area contributed by atoms with Gasteiger partial charge in [0.2, 0.25) is 0 Å². The summed E-state index contributed by atoms with van der Waals surface area (Å²) in [6.45, 7) is 3.81. The van der Waals surface area contributed by atoms with Crippen LogP contribution in [0.3, 0.4) is 0 Å². The molecule has 0 saturated heterocycles. The van der Waals surface area contributed by atoms with Crippen LogP contribution in [0.4, 0.5) is 0 Å². The predicted octanol–water partition coefficient (Wildman–Crippen LogP) is 1.61. The van der Waals surface area contributed by atoms with Crippen molar-refractivity contribution in [3.63, 3.8) is 0 Å². The van der Waals surface area contributed by atoms with Crippen LogP contribution in [0.15, 0.2) is 18.2 Å². The number of hydrogen-bond acceptors (Lipinski definition) is 4. The van der Waals surface area contributed by atoms with Crippen LogP contribution in [-0.4, -0.2) is 38.7 Å². The molecule has 18 heavy (non-hydrogen) atoms. The van der Waals surface area contributed by atoms with Crippen LogP contribution in [0.25, 0.3) is 0 Å². The maximum atomic E-state index is 8.90. The van der Waals surface area contributed by atoms with Crippen molar-refractivity contribution in [1.29, 1.82) is 5.26 Å². The van der Waals surface area contributed by atoms with Gasteiger partial charge in [-0.15, -0.1) is 0 Å². The summed E-state index contributed by atoms with van der Waals surface area (Å²) >= 11 is 0. The molecule has 0 aliphatic carbocycles. The Labute approximate surface area is 109 Å². The Morgan fingerprint density at radius 2 is 2.17 bits per heavy atom. The minimum Gasteiger partial charge on any atom is -0.496 e. The average Bonchev–Trinajstić information content (AvgIpc) is 2.35. The molecule has 0 aliphatic heterocycles. The van der Waals surface area contributed by atoms with Crippen LogP contribution >= 0.6 is 0 Å². The second kappa shape index (κ2) is 7.00. The van der Waals surface area contributed by atoms with Gasteiger partial charge in [-0.2, -0.15) is 5.26 Å². The van der Waals surface area contributed by atoms with Gasteiger partial charge in [-0.25, -0.2) is 0 Å². The topological polar surface area (TPSA) is 48.3 Å². The largest absolute Gasteiger partial charge is 0.496 e. The van der Waals surface area contributed by atoms with E-state index in [1.807, 2.05) is 12.1 Å². The zero-order chi connectivity index (χ0) is 13.5. The lowest BCUT2D eigenvalue weighted by molar-refractivity contribution is 0.346. The predicted molar refractivity (Wildman–Crippen MR) is 72.6 cm³/mol. The molecule has 0 aliphatic rings. The fourth-order valence-electron chi connectivity index (χ4n) is 1.88. The average molecular weight is 247 g/mol. The summed E-state index contributed by atoms with van der Waals surface area (Å²) in [5.74, 6) is 0.818. The molecule has 4 nitrogen and oxygen atoms in total. The lowest BCUT2D eigenvalue weighted by Gasteiger charge is -2.19. The van der Waals surface area contributed by atoms with Crippen molar-refractivity contribution in [2.75, 3.05) is 27.7 Å². The van der Waals surface area contributed by atoms with Crippen LogP contribution in [-0.2, 0) is 6.54 Å². The fraction of sp³-hybridized carbons (Fsp3) is 0.500. The van der Waals surface area contributed by atoms with E-state index in [1.165, 1.54) is 0 Å². The molecule has 4 heteroatoms. The number of hydrogen-bond donors (Lipinski definition) is 1. The highest BCUT2D eigenvalue weighted by atomic mass is 16.5. The van der Waals surface area contributed by atoms with Crippen molar-refractivity contribution in [1.82, 2.24) is 10.2 Å². The molecule has 0 heterocycles. The summed E-state index contributed by atoms with van der Waals surface area (Å²) in [6, 6.07) is 8.01. The zero-order valence-electron chi connectivity index (χ0n) is 11.5. The van der Waals surface area contributed by atoms with Crippen molar-refractivity contribution in [2.24, 2.45) is 0 Å². The second-order valence-corrected chi connectivity index (χ2v) is 4.68. The van der Waals surface area contributed by atoms with E-state index < -0.39 is 0 Å². The van der Waals surface area contributed by atoms with Gasteiger partial charge in [0, 0.05) is 24.7 Å². The molecule has 1 rings (SSSR count). The van der Waals surface area contributed by atoms with E-state index in [9.17, 15) is 0 Å². The monoisotopic (exact) mass is 247 g/mol. The minimum atomic E-state index is 0.385. The van der Waals surface area contributed by atoms with Gasteiger partial charge in [0.25, 0.3) is 0 Å². The SMILES string of the molecule is COc1ccc(C#N)cc1CNC(C)CN(C)C. The third-order valence-electron chi connectivity index (χ3n) is 2.69. The van der Waals surface area contributed by atoms with E-state index in [2.05, 4.69) is 37.3 Å². The number of rotatable bonds is 6. The first-order valence-electron chi connectivity index (χ1n) is 6.02. The van der Waals surface area contributed by atoms with Gasteiger partial charge in [-0.1, -0.05) is 0 Å². The number of methoxy groups -OCH3 is 1. The normalized spacial score (nSPS) is 12.2. The molecule has 0 spiro atoms. The highest BCUT2D eigenvalue weighted by Gasteiger charge is 2.07. The molecular weight excluding hydrogens is 226 g/mol. The summed E-state index contributed by atoms with van der Waals surface area (Å²) in [7, 11) is 5.75. The first-order chi connectivity index (χ1) is 8.56. The number of likely N-dealkylation sites (N-methyl/N-ethyl adjacent to an activating group) is 1. The van der Waals surface area contributed by atoms with Crippen LogP contribution in [0.2, 0.25) is 0 Å². The summed E-state index contributed by atoms with van der Waals surface area (Å²) in [5.41, 5.74) is 1.68. The lowest BCUT2D eigenvalue weighted by Crippen LogP contribution is -2.35. The van der Waals surface area contributed by atoms with Gasteiger partial charge < -0.3 is 15.0 Å². The van der Waals surface area contributed by atoms with Gasteiger partial charge in [-0.05, 0) is 39.2 Å². The van der Waals surface area contributed by atoms with Gasteiger partial charge in [-0.3, -0.25) is 0 Å². The van der Waals surface area contributed by atoms with E-state index in [0.29, 0.717) is 18.2 Å². The molecule has 1 unspecified atom stereocenters. The Morgan fingerprint density at radius 3 is 2.72 bits per heavy atom. The molecule has 1 N–H and O–H groups in total. The zero-order valence-corrected chi connectivity index (χ0v) is 11.5. The molecule has 0 fully saturated rings. The number of nitriles is 1. The Balaban J connectivity index is 2.68. The highest BCUT2D eigenvalue weighted by Crippen LogP contribution is 2.19. The summed E-state index contributed by atoms with van der Waals surface area (Å²) in [5, 5.41) is 12.3. The van der Waals surface area contributed by atoms with Crippen LogP contribution < -0.4 is 10.1 Å². The standard InChI is InChI=1S/C14H21N3O/c1-11(10-17(2)3)16-9-13-7-12(8-15)5-6-14(13)18-4/h5-7,11,16H,9-10H2,1-4H3. The Bertz CT molecular complexity index is 424. The molecule has 98 valence electrons. The third kappa shape index (κ3) is 4.36. The van der Waals surface area contributed by atoms with Crippen LogP contribution in [0.5, 0.6) is 5.75 Å². The molecule has 1 aromatic rings. The van der Waals surface area contributed by atoms with E-state index >= 15 is 0 Å². The Hall–Kier alpha value is -1.57. The maximum Gasteiger partial charge on any atom is 0.123 e.